The Hall–Kier alpha value is -0.976. The molecule has 2 fully saturated rings. The number of hydrogen-bond donors (Lipinski definition) is 0. The minimum atomic E-state index is 0. The first kappa shape index (κ1) is 27.1. The molecule has 0 bridgehead atoms. The number of fused-ring (bicyclic) bond motifs is 6. The van der Waals surface area contributed by atoms with Gasteiger partial charge in [0.05, 0.1) is 0 Å². The molecule has 1 heteroatoms. The van der Waals surface area contributed by atoms with Gasteiger partial charge in [0.25, 0.3) is 0 Å². The summed E-state index contributed by atoms with van der Waals surface area (Å²) in [6.07, 6.45) is 5.15. The van der Waals surface area contributed by atoms with Gasteiger partial charge in [0.15, 0.2) is 0 Å². The van der Waals surface area contributed by atoms with E-state index in [2.05, 4.69) is 117 Å². The molecule has 2 aromatic rings. The van der Waals surface area contributed by atoms with E-state index in [0.717, 1.165) is 35.5 Å². The number of benzene rings is 2. The van der Waals surface area contributed by atoms with Gasteiger partial charge >= 0.3 is 0 Å². The number of hydrogen-bond acceptors (Lipinski definition) is 0. The van der Waals surface area contributed by atoms with Crippen LogP contribution >= 0.6 is 0 Å². The summed E-state index contributed by atoms with van der Waals surface area (Å²) < 4.78 is 0. The van der Waals surface area contributed by atoms with Crippen molar-refractivity contribution in [3.05, 3.63) is 94.8 Å². The van der Waals surface area contributed by atoms with Gasteiger partial charge in [0.2, 0.25) is 0 Å². The average molecular weight is 540 g/mol. The third-order valence-electron chi connectivity index (χ3n) is 10.2. The summed E-state index contributed by atoms with van der Waals surface area (Å²) in [6, 6.07) is 17.9. The predicted molar refractivity (Wildman–Crippen MR) is 147 cm³/mol. The topological polar surface area (TPSA) is 0 Å². The zero-order valence-corrected chi connectivity index (χ0v) is 25.8. The van der Waals surface area contributed by atoms with Crippen LogP contribution in [0.15, 0.2) is 59.7 Å². The molecule has 0 heterocycles. The Labute approximate surface area is 240 Å². The Balaban J connectivity index is 0.000000160. The van der Waals surface area contributed by atoms with E-state index in [1.807, 2.05) is 0 Å². The summed E-state index contributed by atoms with van der Waals surface area (Å²) in [4.78, 5) is 0. The molecule has 8 unspecified atom stereocenters. The van der Waals surface area contributed by atoms with Crippen LogP contribution in [0.1, 0.15) is 89.5 Å². The molecule has 0 spiro atoms. The van der Waals surface area contributed by atoms with E-state index in [0.29, 0.717) is 11.8 Å². The molecule has 2 aromatic carbocycles. The molecule has 6 rings (SSSR count). The van der Waals surface area contributed by atoms with Crippen molar-refractivity contribution in [1.82, 2.24) is 0 Å². The van der Waals surface area contributed by atoms with Crippen LogP contribution in [0.4, 0.5) is 0 Å². The van der Waals surface area contributed by atoms with Crippen molar-refractivity contribution >= 4 is 11.1 Å². The molecule has 1 radical (unpaired) electrons. The van der Waals surface area contributed by atoms with E-state index in [1.54, 1.807) is 22.3 Å². The van der Waals surface area contributed by atoms with Crippen molar-refractivity contribution in [2.45, 2.75) is 67.2 Å². The van der Waals surface area contributed by atoms with Gasteiger partial charge in [-0.15, -0.1) is 11.8 Å². The molecule has 8 atom stereocenters. The zero-order chi connectivity index (χ0) is 24.3. The Bertz CT molecular complexity index is 1060. The van der Waals surface area contributed by atoms with Crippen LogP contribution in [0.3, 0.4) is 0 Å². The third kappa shape index (κ3) is 4.40. The van der Waals surface area contributed by atoms with Crippen LogP contribution in [0.2, 0.25) is 0 Å². The van der Waals surface area contributed by atoms with Gasteiger partial charge in [-0.25, -0.2) is 0 Å². The maximum atomic E-state index is 2.57. The zero-order valence-electron chi connectivity index (χ0n) is 23.0. The summed E-state index contributed by atoms with van der Waals surface area (Å²) in [6.45, 7) is 18.8. The van der Waals surface area contributed by atoms with Crippen LogP contribution in [0.5, 0.6) is 0 Å². The van der Waals surface area contributed by atoms with Crippen molar-refractivity contribution in [2.24, 2.45) is 35.5 Å². The van der Waals surface area contributed by atoms with Crippen LogP contribution in [0.25, 0.3) is 11.1 Å². The molecule has 4 aliphatic rings. The SMILES string of the molecule is CC1=C(C)C2C([CH-]C(C)C2C)c2ccccc21.CC1=C(C)C2C([CH-]C(C)C2C)c2ccccc21.[Y]. The van der Waals surface area contributed by atoms with E-state index < -0.39 is 0 Å². The molecule has 4 aliphatic carbocycles. The van der Waals surface area contributed by atoms with Crippen molar-refractivity contribution in [1.29, 1.82) is 0 Å². The van der Waals surface area contributed by atoms with Crippen LogP contribution < -0.4 is 0 Å². The molecular formula is C34H42Y-2. The molecule has 2 saturated carbocycles. The van der Waals surface area contributed by atoms with Crippen molar-refractivity contribution in [3.63, 3.8) is 0 Å². The summed E-state index contributed by atoms with van der Waals surface area (Å²) in [7, 11) is 0. The second-order valence-corrected chi connectivity index (χ2v) is 11.7. The second kappa shape index (κ2) is 10.4. The third-order valence-corrected chi connectivity index (χ3v) is 10.2. The standard InChI is InChI=1S/2C17H21.Y/c2*1-10-9-16-15-8-6-5-7-14(15)12(3)13(4)17(16)11(10)2;/h2*5-11,16-17H,1-4H3;/q2*-1;. The predicted octanol–water partition coefficient (Wildman–Crippen LogP) is 9.36. The Morgan fingerprint density at radius 3 is 1.26 bits per heavy atom. The van der Waals surface area contributed by atoms with Crippen LogP contribution in [0, 0.1) is 48.3 Å². The van der Waals surface area contributed by atoms with Crippen LogP contribution in [-0.2, 0) is 32.7 Å². The molecule has 35 heavy (non-hydrogen) atoms. The second-order valence-electron chi connectivity index (χ2n) is 11.7. The fourth-order valence-electron chi connectivity index (χ4n) is 7.66. The quantitative estimate of drug-likeness (QED) is 0.293. The van der Waals surface area contributed by atoms with E-state index in [4.69, 9.17) is 0 Å². The summed E-state index contributed by atoms with van der Waals surface area (Å²) >= 11 is 0. The smallest absolute Gasteiger partial charge is 0 e. The normalized spacial score (nSPS) is 34.7. The van der Waals surface area contributed by atoms with Gasteiger partial charge in [-0.1, -0.05) is 110 Å². The first-order valence-corrected chi connectivity index (χ1v) is 13.5. The molecule has 0 aromatic heterocycles. The monoisotopic (exact) mass is 539 g/mol. The molecule has 0 nitrogen and oxygen atoms in total. The van der Waals surface area contributed by atoms with Gasteiger partial charge in [0, 0.05) is 32.7 Å². The van der Waals surface area contributed by atoms with Crippen molar-refractivity contribution in [2.75, 3.05) is 0 Å². The molecular weight excluding hydrogens is 497 g/mol. The Morgan fingerprint density at radius 1 is 0.543 bits per heavy atom. The Morgan fingerprint density at radius 2 is 0.886 bits per heavy atom. The van der Waals surface area contributed by atoms with E-state index in [9.17, 15) is 0 Å². The fourth-order valence-corrected chi connectivity index (χ4v) is 7.66. The maximum Gasteiger partial charge on any atom is 0 e. The van der Waals surface area contributed by atoms with E-state index in [1.165, 1.54) is 22.3 Å². The first-order valence-electron chi connectivity index (χ1n) is 13.5. The largest absolute Gasteiger partial charge is 0.318 e. The fraction of sp³-hybridized carbons (Fsp3) is 0.471. The summed E-state index contributed by atoms with van der Waals surface area (Å²) in [5.41, 5.74) is 12.3. The minimum Gasteiger partial charge on any atom is -0.318 e. The summed E-state index contributed by atoms with van der Waals surface area (Å²) in [5.74, 6) is 5.81. The molecule has 0 amide bonds. The van der Waals surface area contributed by atoms with E-state index >= 15 is 0 Å². The van der Waals surface area contributed by atoms with Gasteiger partial charge in [-0.05, 0) is 61.8 Å². The number of rotatable bonds is 0. The van der Waals surface area contributed by atoms with Crippen molar-refractivity contribution < 1.29 is 32.7 Å². The van der Waals surface area contributed by atoms with Crippen molar-refractivity contribution in [3.8, 4) is 0 Å². The van der Waals surface area contributed by atoms with E-state index in [-0.39, 0.29) is 32.7 Å². The molecule has 0 saturated heterocycles. The van der Waals surface area contributed by atoms with Gasteiger partial charge < -0.3 is 12.8 Å². The van der Waals surface area contributed by atoms with Gasteiger partial charge in [-0.2, -0.15) is 11.8 Å². The van der Waals surface area contributed by atoms with Gasteiger partial charge in [0.1, 0.15) is 0 Å². The number of allylic oxidation sites excluding steroid dienone is 4. The maximum absolute atomic E-state index is 2.57. The van der Waals surface area contributed by atoms with Gasteiger partial charge in [-0.3, -0.25) is 0 Å². The average Bonchev–Trinajstić information content (AvgIpc) is 3.32. The summed E-state index contributed by atoms with van der Waals surface area (Å²) in [5, 5.41) is 0. The molecule has 0 N–H and O–H groups in total. The molecule has 0 aliphatic heterocycles. The first-order chi connectivity index (χ1) is 16.2. The Kier molecular flexibility index (Phi) is 8.06. The molecule has 183 valence electrons. The minimum absolute atomic E-state index is 0. The van der Waals surface area contributed by atoms with Crippen LogP contribution in [-0.4, -0.2) is 0 Å².